The average Bonchev–Trinajstić information content (AvgIpc) is 2.56. The number of unbranched alkanes of at least 4 members (excludes halogenated alkanes) is 5. The van der Waals surface area contributed by atoms with E-state index in [0.29, 0.717) is 26.1 Å². The van der Waals surface area contributed by atoms with E-state index in [4.69, 9.17) is 9.47 Å². The molecule has 0 bridgehead atoms. The predicted octanol–water partition coefficient (Wildman–Crippen LogP) is 5.54. The van der Waals surface area contributed by atoms with E-state index in [0.717, 1.165) is 51.4 Å². The summed E-state index contributed by atoms with van der Waals surface area (Å²) >= 11 is 6.86. The third kappa shape index (κ3) is 15.4. The van der Waals surface area contributed by atoms with Crippen LogP contribution in [0.2, 0.25) is 0 Å². The molecule has 0 aliphatic carbocycles. The quantitative estimate of drug-likeness (QED) is 0.179. The summed E-state index contributed by atoms with van der Waals surface area (Å²) in [6.07, 6.45) is 8.99. The number of carbonyl (C=O) groups excluding carboxylic acids is 2. The molecule has 0 heterocycles. The van der Waals surface area contributed by atoms with E-state index >= 15 is 0 Å². The van der Waals surface area contributed by atoms with Crippen LogP contribution in [0.25, 0.3) is 0 Å². The fourth-order valence-corrected chi connectivity index (χ4v) is 2.58. The van der Waals surface area contributed by atoms with Crippen LogP contribution >= 0.6 is 31.9 Å². The van der Waals surface area contributed by atoms with Crippen molar-refractivity contribution < 1.29 is 19.1 Å². The molecule has 0 amide bonds. The minimum Gasteiger partial charge on any atom is -0.466 e. The van der Waals surface area contributed by atoms with E-state index in [-0.39, 0.29) is 21.6 Å². The second-order valence-electron chi connectivity index (χ2n) is 5.98. The van der Waals surface area contributed by atoms with Gasteiger partial charge in [-0.05, 0) is 25.7 Å². The number of hydrogen-bond acceptors (Lipinski definition) is 4. The lowest BCUT2D eigenvalue weighted by Crippen LogP contribution is -2.11. The molecule has 0 aromatic carbocycles. The van der Waals surface area contributed by atoms with Gasteiger partial charge < -0.3 is 9.47 Å². The molecule has 0 spiro atoms. The average molecular weight is 472 g/mol. The molecule has 0 rings (SSSR count). The fraction of sp³-hybridized carbons (Fsp3) is 0.889. The zero-order valence-corrected chi connectivity index (χ0v) is 18.2. The van der Waals surface area contributed by atoms with E-state index in [1.165, 1.54) is 0 Å². The summed E-state index contributed by atoms with van der Waals surface area (Å²) < 4.78 is 10.4. The predicted molar refractivity (Wildman–Crippen MR) is 105 cm³/mol. The first kappa shape index (κ1) is 23.9. The maximum Gasteiger partial charge on any atom is 0.306 e. The Labute approximate surface area is 163 Å². The molecule has 4 nitrogen and oxygen atoms in total. The van der Waals surface area contributed by atoms with Gasteiger partial charge in [0.05, 0.1) is 26.1 Å². The molecule has 0 fully saturated rings. The Kier molecular flexibility index (Phi) is 16.3. The third-order valence-corrected chi connectivity index (χ3v) is 5.67. The number of esters is 2. The van der Waals surface area contributed by atoms with Crippen LogP contribution in [-0.4, -0.2) is 34.8 Å². The van der Waals surface area contributed by atoms with Gasteiger partial charge in [0, 0.05) is 9.65 Å². The van der Waals surface area contributed by atoms with Crippen molar-refractivity contribution >= 4 is 43.8 Å². The summed E-state index contributed by atoms with van der Waals surface area (Å²) in [6.45, 7) is 5.12. The molecule has 0 saturated carbocycles. The van der Waals surface area contributed by atoms with Crippen molar-refractivity contribution in [3.8, 4) is 0 Å². The fourth-order valence-electron chi connectivity index (χ4n) is 2.05. The molecule has 0 radical (unpaired) electrons. The first-order valence-corrected chi connectivity index (χ1v) is 10.9. The van der Waals surface area contributed by atoms with Crippen LogP contribution in [0.3, 0.4) is 0 Å². The standard InChI is InChI=1S/C18H32Br2O4/c1-3-15(19)13-17(21)23-11-9-7-5-6-8-10-12-24-18(22)14-16(20)4-2/h15-16H,3-14H2,1-2H3. The maximum atomic E-state index is 11.5. The summed E-state index contributed by atoms with van der Waals surface area (Å²) in [5.41, 5.74) is 0. The van der Waals surface area contributed by atoms with Crippen molar-refractivity contribution in [3.05, 3.63) is 0 Å². The van der Waals surface area contributed by atoms with Crippen molar-refractivity contribution in [3.63, 3.8) is 0 Å². The van der Waals surface area contributed by atoms with Crippen LogP contribution < -0.4 is 0 Å². The molecule has 2 unspecified atom stereocenters. The molecule has 6 heteroatoms. The lowest BCUT2D eigenvalue weighted by Gasteiger charge is -2.08. The molecule has 2 atom stereocenters. The highest BCUT2D eigenvalue weighted by Gasteiger charge is 2.10. The number of hydrogen-bond donors (Lipinski definition) is 0. The highest BCUT2D eigenvalue weighted by molar-refractivity contribution is 9.09. The highest BCUT2D eigenvalue weighted by atomic mass is 79.9. The third-order valence-electron chi connectivity index (χ3n) is 3.73. The van der Waals surface area contributed by atoms with Gasteiger partial charge in [0.25, 0.3) is 0 Å². The van der Waals surface area contributed by atoms with Crippen molar-refractivity contribution in [1.82, 2.24) is 0 Å². The first-order chi connectivity index (χ1) is 11.5. The number of ether oxygens (including phenoxy) is 2. The van der Waals surface area contributed by atoms with Gasteiger partial charge in [0.2, 0.25) is 0 Å². The monoisotopic (exact) mass is 470 g/mol. The molecular weight excluding hydrogens is 440 g/mol. The molecule has 142 valence electrons. The second kappa shape index (κ2) is 16.4. The van der Waals surface area contributed by atoms with Gasteiger partial charge in [0.15, 0.2) is 0 Å². The van der Waals surface area contributed by atoms with Gasteiger partial charge in [-0.2, -0.15) is 0 Å². The van der Waals surface area contributed by atoms with Crippen molar-refractivity contribution in [1.29, 1.82) is 0 Å². The number of halogens is 2. The Morgan fingerprint density at radius 1 is 0.708 bits per heavy atom. The van der Waals surface area contributed by atoms with Crippen LogP contribution in [0.1, 0.15) is 78.1 Å². The molecule has 24 heavy (non-hydrogen) atoms. The van der Waals surface area contributed by atoms with Gasteiger partial charge in [-0.15, -0.1) is 0 Å². The summed E-state index contributed by atoms with van der Waals surface area (Å²) in [7, 11) is 0. The number of rotatable bonds is 15. The lowest BCUT2D eigenvalue weighted by molar-refractivity contribution is -0.144. The Bertz CT molecular complexity index is 305. The largest absolute Gasteiger partial charge is 0.466 e. The number of alkyl halides is 2. The molecule has 0 saturated heterocycles. The lowest BCUT2D eigenvalue weighted by atomic mass is 10.1. The van der Waals surface area contributed by atoms with Gasteiger partial charge in [0.1, 0.15) is 0 Å². The summed E-state index contributed by atoms with van der Waals surface area (Å²) in [5.74, 6) is -0.233. The van der Waals surface area contributed by atoms with Crippen LogP contribution in [0, 0.1) is 0 Å². The molecule has 0 aromatic heterocycles. The van der Waals surface area contributed by atoms with Gasteiger partial charge >= 0.3 is 11.9 Å². The van der Waals surface area contributed by atoms with Crippen molar-refractivity contribution in [2.75, 3.05) is 13.2 Å². The Morgan fingerprint density at radius 3 is 1.38 bits per heavy atom. The van der Waals surface area contributed by atoms with Crippen LogP contribution in [0.5, 0.6) is 0 Å². The Morgan fingerprint density at radius 2 is 1.04 bits per heavy atom. The first-order valence-electron chi connectivity index (χ1n) is 9.08. The van der Waals surface area contributed by atoms with Gasteiger partial charge in [-0.3, -0.25) is 9.59 Å². The van der Waals surface area contributed by atoms with Crippen LogP contribution in [0.15, 0.2) is 0 Å². The van der Waals surface area contributed by atoms with E-state index in [1.807, 2.05) is 13.8 Å². The van der Waals surface area contributed by atoms with Gasteiger partial charge in [-0.25, -0.2) is 0 Å². The van der Waals surface area contributed by atoms with Gasteiger partial charge in [-0.1, -0.05) is 71.4 Å². The zero-order valence-electron chi connectivity index (χ0n) is 15.0. The molecule has 0 aromatic rings. The van der Waals surface area contributed by atoms with Crippen molar-refractivity contribution in [2.45, 2.75) is 87.7 Å². The summed E-state index contributed by atoms with van der Waals surface area (Å²) in [4.78, 5) is 23.4. The van der Waals surface area contributed by atoms with Crippen molar-refractivity contribution in [2.24, 2.45) is 0 Å². The SMILES string of the molecule is CCC(Br)CC(=O)OCCCCCCCCOC(=O)CC(Br)CC. The Hall–Kier alpha value is -0.100. The minimum absolute atomic E-state index is 0.116. The molecular formula is C18H32Br2O4. The topological polar surface area (TPSA) is 52.6 Å². The smallest absolute Gasteiger partial charge is 0.306 e. The van der Waals surface area contributed by atoms with E-state index in [2.05, 4.69) is 31.9 Å². The highest BCUT2D eigenvalue weighted by Crippen LogP contribution is 2.12. The van der Waals surface area contributed by atoms with E-state index in [1.54, 1.807) is 0 Å². The normalized spacial score (nSPS) is 13.3. The number of carbonyl (C=O) groups is 2. The minimum atomic E-state index is -0.116. The molecule has 0 aliphatic rings. The zero-order chi connectivity index (χ0) is 18.2. The summed E-state index contributed by atoms with van der Waals surface area (Å²) in [6, 6.07) is 0. The van der Waals surface area contributed by atoms with E-state index in [9.17, 15) is 9.59 Å². The second-order valence-corrected chi connectivity index (χ2v) is 8.57. The van der Waals surface area contributed by atoms with Crippen LogP contribution in [-0.2, 0) is 19.1 Å². The maximum absolute atomic E-state index is 11.5. The molecule has 0 N–H and O–H groups in total. The summed E-state index contributed by atoms with van der Waals surface area (Å²) in [5, 5.41) is 0. The van der Waals surface area contributed by atoms with Crippen LogP contribution in [0.4, 0.5) is 0 Å². The van der Waals surface area contributed by atoms with E-state index < -0.39 is 0 Å². The molecule has 0 aliphatic heterocycles. The Balaban J connectivity index is 3.31.